The molecule has 10 nitrogen and oxygen atoms in total. The van der Waals surface area contributed by atoms with Crippen LogP contribution in [0.1, 0.15) is 83.5 Å². The molecule has 0 saturated carbocycles. The lowest BCUT2D eigenvalue weighted by molar-refractivity contribution is -0.340. The summed E-state index contributed by atoms with van der Waals surface area (Å²) in [5.74, 6) is 4.64. The molecule has 1 N–H and O–H groups in total. The van der Waals surface area contributed by atoms with Crippen LogP contribution in [0.15, 0.2) is 12.3 Å². The minimum Gasteiger partial charge on any atom is -0.494 e. The molecular formula is C38H63N5O5S4. The van der Waals surface area contributed by atoms with Crippen molar-refractivity contribution < 1.29 is 23.1 Å². The summed E-state index contributed by atoms with van der Waals surface area (Å²) in [6.45, 7) is 8.90. The summed E-state index contributed by atoms with van der Waals surface area (Å²) in [5.41, 5.74) is -1.29. The average Bonchev–Trinajstić information content (AvgIpc) is 3.86. The van der Waals surface area contributed by atoms with Gasteiger partial charge in [0.05, 0.1) is 31.7 Å². The normalized spacial score (nSPS) is 45.2. The topological polar surface area (TPSA) is 71.1 Å². The zero-order valence-corrected chi connectivity index (χ0v) is 34.5. The van der Waals surface area contributed by atoms with Gasteiger partial charge in [0.2, 0.25) is 5.85 Å². The Balaban J connectivity index is 1.39. The summed E-state index contributed by atoms with van der Waals surface area (Å²) >= 11 is 8.15. The van der Waals surface area contributed by atoms with Crippen molar-refractivity contribution in [2.45, 2.75) is 129 Å². The van der Waals surface area contributed by atoms with Gasteiger partial charge < -0.3 is 23.1 Å². The second kappa shape index (κ2) is 16.8. The van der Waals surface area contributed by atoms with Gasteiger partial charge in [-0.3, -0.25) is 15.1 Å². The Hall–Kier alpha value is 0.580. The van der Waals surface area contributed by atoms with Crippen LogP contribution in [0.5, 0.6) is 0 Å². The molecule has 0 spiro atoms. The summed E-state index contributed by atoms with van der Waals surface area (Å²) in [7, 11) is 0. The predicted octanol–water partition coefficient (Wildman–Crippen LogP) is 5.60. The number of thioether (sulfide) groups is 3. The number of hydrogen-bond donors (Lipinski definition) is 1. The number of hydrogen-bond acceptors (Lipinski definition) is 14. The van der Waals surface area contributed by atoms with Crippen LogP contribution in [0.25, 0.3) is 0 Å². The number of nitrogens with zero attached hydrogens (tertiary/aromatic N) is 4. The molecule has 0 aromatic rings. The highest BCUT2D eigenvalue weighted by Crippen LogP contribution is 2.67. The zero-order valence-electron chi connectivity index (χ0n) is 31.2. The molecule has 9 aliphatic rings. The summed E-state index contributed by atoms with van der Waals surface area (Å²) in [6.07, 6.45) is 19.0. The SMILES string of the molecule is C1=COC(C2(N3CCSCC3)OC(N3CCOCC3)(C3(C4CCCCO4)NCCS3)N(N3CCCCC3)C2(C2CCCSO2)C2CCCCS2)CC1. The highest BCUT2D eigenvalue weighted by Gasteiger charge is 2.86. The monoisotopic (exact) mass is 797 g/mol. The largest absolute Gasteiger partial charge is 0.494 e. The van der Waals surface area contributed by atoms with E-state index in [2.05, 4.69) is 66.5 Å². The van der Waals surface area contributed by atoms with Gasteiger partial charge in [-0.2, -0.15) is 28.5 Å². The molecular weight excluding hydrogens is 735 g/mol. The third-order valence-corrected chi connectivity index (χ3v) is 18.2. The van der Waals surface area contributed by atoms with Crippen molar-refractivity contribution in [1.82, 2.24) is 25.1 Å². The molecule has 0 radical (unpaired) electrons. The van der Waals surface area contributed by atoms with Crippen LogP contribution < -0.4 is 5.32 Å². The minimum absolute atomic E-state index is 0.0159. The quantitative estimate of drug-likeness (QED) is 0.310. The smallest absolute Gasteiger partial charge is 0.226 e. The molecule has 8 saturated heterocycles. The number of hydrazine groups is 1. The van der Waals surface area contributed by atoms with E-state index < -0.39 is 22.0 Å². The molecule has 294 valence electrons. The van der Waals surface area contributed by atoms with E-state index in [1.54, 1.807) is 12.0 Å². The van der Waals surface area contributed by atoms with Gasteiger partial charge in [0, 0.05) is 80.7 Å². The fourth-order valence-corrected chi connectivity index (χ4v) is 16.3. The van der Waals surface area contributed by atoms with Crippen LogP contribution >= 0.6 is 47.3 Å². The van der Waals surface area contributed by atoms with Gasteiger partial charge in [-0.05, 0) is 94.5 Å². The predicted molar refractivity (Wildman–Crippen MR) is 215 cm³/mol. The second-order valence-electron chi connectivity index (χ2n) is 16.1. The molecule has 0 aliphatic carbocycles. The first-order valence-electron chi connectivity index (χ1n) is 20.9. The fourth-order valence-electron chi connectivity index (χ4n) is 11.4. The van der Waals surface area contributed by atoms with Crippen molar-refractivity contribution in [2.24, 2.45) is 0 Å². The van der Waals surface area contributed by atoms with Gasteiger partial charge in [0.1, 0.15) is 11.6 Å². The van der Waals surface area contributed by atoms with Gasteiger partial charge in [-0.15, -0.1) is 11.8 Å². The number of piperidine rings is 1. The van der Waals surface area contributed by atoms with Crippen molar-refractivity contribution in [2.75, 3.05) is 94.4 Å². The molecule has 14 heteroatoms. The van der Waals surface area contributed by atoms with Crippen LogP contribution in [0.3, 0.4) is 0 Å². The Bertz CT molecular complexity index is 1180. The Morgan fingerprint density at radius 2 is 1.54 bits per heavy atom. The summed E-state index contributed by atoms with van der Waals surface area (Å²) < 4.78 is 36.7. The molecule has 52 heavy (non-hydrogen) atoms. The van der Waals surface area contributed by atoms with Crippen molar-refractivity contribution in [3.63, 3.8) is 0 Å². The van der Waals surface area contributed by atoms with Crippen molar-refractivity contribution in [1.29, 1.82) is 0 Å². The first-order chi connectivity index (χ1) is 25.8. The Morgan fingerprint density at radius 3 is 2.23 bits per heavy atom. The van der Waals surface area contributed by atoms with Gasteiger partial charge in [-0.25, -0.2) is 5.01 Å². The van der Waals surface area contributed by atoms with Gasteiger partial charge in [0.25, 0.3) is 0 Å². The number of rotatable bonds is 8. The lowest BCUT2D eigenvalue weighted by Gasteiger charge is -2.64. The summed E-state index contributed by atoms with van der Waals surface area (Å²) in [6, 6.07) is 0. The van der Waals surface area contributed by atoms with E-state index in [1.165, 1.54) is 50.7 Å². The molecule has 0 aromatic heterocycles. The first-order valence-corrected chi connectivity index (χ1v) is 25.0. The first kappa shape index (κ1) is 38.1. The third kappa shape index (κ3) is 6.20. The average molecular weight is 798 g/mol. The zero-order chi connectivity index (χ0) is 34.9. The highest BCUT2D eigenvalue weighted by molar-refractivity contribution is 8.01. The van der Waals surface area contributed by atoms with E-state index in [9.17, 15) is 0 Å². The molecule has 9 heterocycles. The van der Waals surface area contributed by atoms with E-state index in [-0.39, 0.29) is 18.3 Å². The standard InChI is InChI=1S/C38H63N5O5S4/c1-5-16-42(17-6-1)43-35(31-13-10-27-52-47-31,34-14-4-9-26-50-34)37(33-12-3-8-23-46-33,40-20-29-49-30-21-40)48-38(43,41-18-24-44-25-19-41)36(39-15-28-51-36)32-11-2-7-22-45-32/h8,23,31-34,39H,1-7,9-22,24-30H2. The molecule has 8 atom stereocenters. The maximum atomic E-state index is 8.93. The number of ether oxygens (including phenoxy) is 4. The lowest BCUT2D eigenvalue weighted by Crippen LogP contribution is -2.85. The number of allylic oxidation sites excluding steroid dienone is 1. The van der Waals surface area contributed by atoms with Gasteiger partial charge in [0.15, 0.2) is 10.6 Å². The third-order valence-electron chi connectivity index (χ3n) is 13.4. The number of morpholine rings is 1. The van der Waals surface area contributed by atoms with E-state index in [4.69, 9.17) is 23.1 Å². The van der Waals surface area contributed by atoms with E-state index in [1.807, 2.05) is 6.26 Å². The van der Waals surface area contributed by atoms with Crippen LogP contribution in [-0.4, -0.2) is 160 Å². The number of nitrogens with one attached hydrogen (secondary N) is 1. The van der Waals surface area contributed by atoms with Crippen LogP contribution in [0.4, 0.5) is 0 Å². The van der Waals surface area contributed by atoms with Crippen molar-refractivity contribution >= 4 is 47.3 Å². The molecule has 9 rings (SSSR count). The van der Waals surface area contributed by atoms with E-state index in [0.29, 0.717) is 18.5 Å². The van der Waals surface area contributed by atoms with Crippen LogP contribution in [-0.2, 0) is 23.1 Å². The Morgan fingerprint density at radius 1 is 0.692 bits per heavy atom. The Labute approximate surface area is 329 Å². The van der Waals surface area contributed by atoms with Crippen molar-refractivity contribution in [3.05, 3.63) is 12.3 Å². The molecule has 8 unspecified atom stereocenters. The fraction of sp³-hybridized carbons (Fsp3) is 0.947. The molecule has 0 bridgehead atoms. The van der Waals surface area contributed by atoms with Gasteiger partial charge >= 0.3 is 0 Å². The van der Waals surface area contributed by atoms with Crippen molar-refractivity contribution in [3.8, 4) is 0 Å². The minimum atomic E-state index is -0.865. The summed E-state index contributed by atoms with van der Waals surface area (Å²) in [5, 5.41) is 10.5. The molecule has 0 amide bonds. The second-order valence-corrected chi connectivity index (χ2v) is 20.8. The highest BCUT2D eigenvalue weighted by atomic mass is 32.2. The molecule has 0 aromatic carbocycles. The van der Waals surface area contributed by atoms with Crippen LogP contribution in [0.2, 0.25) is 0 Å². The lowest BCUT2D eigenvalue weighted by atomic mass is 9.70. The summed E-state index contributed by atoms with van der Waals surface area (Å²) in [4.78, 5) is 5.07. The van der Waals surface area contributed by atoms with Gasteiger partial charge in [-0.1, -0.05) is 12.8 Å². The Kier molecular flexibility index (Phi) is 12.3. The van der Waals surface area contributed by atoms with Crippen LogP contribution in [0, 0.1) is 0 Å². The molecule has 9 aliphatic heterocycles. The van der Waals surface area contributed by atoms with E-state index in [0.717, 1.165) is 114 Å². The van der Waals surface area contributed by atoms with E-state index >= 15 is 0 Å². The maximum Gasteiger partial charge on any atom is 0.226 e. The molecule has 8 fully saturated rings. The maximum absolute atomic E-state index is 8.93.